The van der Waals surface area contributed by atoms with Crippen molar-refractivity contribution in [2.45, 2.75) is 13.0 Å². The second-order valence-corrected chi connectivity index (χ2v) is 2.63. The summed E-state index contributed by atoms with van der Waals surface area (Å²) in [4.78, 5) is 0. The van der Waals surface area contributed by atoms with Gasteiger partial charge in [-0.15, -0.1) is 11.6 Å². The van der Waals surface area contributed by atoms with Gasteiger partial charge in [-0.1, -0.05) is 6.92 Å². The molecule has 0 amide bonds. The molecule has 54 valence electrons. The van der Waals surface area contributed by atoms with Crippen LogP contribution in [0.25, 0.3) is 0 Å². The topological polar surface area (TPSA) is 18.5 Å². The van der Waals surface area contributed by atoms with E-state index in [1.165, 1.54) is 0 Å². The molecule has 1 saturated heterocycles. The Morgan fingerprint density at radius 1 is 1.67 bits per heavy atom. The molecule has 3 heteroatoms. The number of halogens is 1. The lowest BCUT2D eigenvalue weighted by atomic mass is 10.1. The van der Waals surface area contributed by atoms with Crippen molar-refractivity contribution < 1.29 is 9.47 Å². The first-order chi connectivity index (χ1) is 4.34. The molecule has 0 aliphatic carbocycles. The van der Waals surface area contributed by atoms with Crippen molar-refractivity contribution in [3.63, 3.8) is 0 Å². The highest BCUT2D eigenvalue weighted by atomic mass is 35.5. The van der Waals surface area contributed by atoms with Gasteiger partial charge in [0.2, 0.25) is 0 Å². The number of hydrogen-bond acceptors (Lipinski definition) is 2. The molecule has 0 aromatic heterocycles. The van der Waals surface area contributed by atoms with Crippen LogP contribution in [0.5, 0.6) is 0 Å². The Bertz CT molecular complexity index is 87.1. The van der Waals surface area contributed by atoms with E-state index in [-0.39, 0.29) is 6.10 Å². The fraction of sp³-hybridized carbons (Fsp3) is 1.00. The molecule has 1 heterocycles. The van der Waals surface area contributed by atoms with Gasteiger partial charge in [0.15, 0.2) is 0 Å². The van der Waals surface area contributed by atoms with E-state index >= 15 is 0 Å². The van der Waals surface area contributed by atoms with Crippen molar-refractivity contribution >= 4 is 11.6 Å². The van der Waals surface area contributed by atoms with E-state index in [2.05, 4.69) is 6.92 Å². The third-order valence-corrected chi connectivity index (χ3v) is 1.84. The van der Waals surface area contributed by atoms with E-state index in [0.29, 0.717) is 18.6 Å². The van der Waals surface area contributed by atoms with Crippen molar-refractivity contribution in [3.8, 4) is 0 Å². The van der Waals surface area contributed by atoms with Gasteiger partial charge in [-0.25, -0.2) is 0 Å². The smallest absolute Gasteiger partial charge is 0.147 e. The Morgan fingerprint density at radius 2 is 2.44 bits per heavy atom. The van der Waals surface area contributed by atoms with Gasteiger partial charge in [-0.2, -0.15) is 0 Å². The van der Waals surface area contributed by atoms with Crippen molar-refractivity contribution in [1.29, 1.82) is 0 Å². The zero-order chi connectivity index (χ0) is 6.69. The monoisotopic (exact) mass is 150 g/mol. The summed E-state index contributed by atoms with van der Waals surface area (Å²) >= 11 is 5.59. The molecule has 1 aliphatic heterocycles. The summed E-state index contributed by atoms with van der Waals surface area (Å²) < 4.78 is 10.2. The Kier molecular flexibility index (Phi) is 2.76. The number of ether oxygens (including phenoxy) is 2. The van der Waals surface area contributed by atoms with E-state index in [1.807, 2.05) is 0 Å². The van der Waals surface area contributed by atoms with Gasteiger partial charge in [0.05, 0.1) is 12.7 Å². The molecule has 1 fully saturated rings. The minimum atomic E-state index is 0.195. The summed E-state index contributed by atoms with van der Waals surface area (Å²) in [5, 5.41) is 0. The molecule has 0 radical (unpaired) electrons. The Morgan fingerprint density at radius 3 is 2.89 bits per heavy atom. The van der Waals surface area contributed by atoms with Gasteiger partial charge in [-0.3, -0.25) is 0 Å². The van der Waals surface area contributed by atoms with Crippen LogP contribution in [0.4, 0.5) is 0 Å². The van der Waals surface area contributed by atoms with E-state index in [9.17, 15) is 0 Å². The highest BCUT2D eigenvalue weighted by Gasteiger charge is 2.20. The summed E-state index contributed by atoms with van der Waals surface area (Å²) in [6, 6.07) is 0. The fourth-order valence-electron chi connectivity index (χ4n) is 0.838. The molecule has 9 heavy (non-hydrogen) atoms. The van der Waals surface area contributed by atoms with Gasteiger partial charge in [0.25, 0.3) is 0 Å². The number of alkyl halides is 1. The lowest BCUT2D eigenvalue weighted by Crippen LogP contribution is -2.33. The van der Waals surface area contributed by atoms with Crippen molar-refractivity contribution in [2.24, 2.45) is 5.92 Å². The molecule has 2 unspecified atom stereocenters. The highest BCUT2D eigenvalue weighted by Crippen LogP contribution is 2.14. The summed E-state index contributed by atoms with van der Waals surface area (Å²) in [6.45, 7) is 3.26. The summed E-state index contributed by atoms with van der Waals surface area (Å²) in [7, 11) is 0. The average Bonchev–Trinajstić information content (AvgIpc) is 1.89. The van der Waals surface area contributed by atoms with Gasteiger partial charge < -0.3 is 9.47 Å². The second-order valence-electron chi connectivity index (χ2n) is 2.33. The minimum absolute atomic E-state index is 0.195. The van der Waals surface area contributed by atoms with Crippen LogP contribution < -0.4 is 0 Å². The maximum atomic E-state index is 5.59. The van der Waals surface area contributed by atoms with Crippen LogP contribution in [-0.2, 0) is 9.47 Å². The van der Waals surface area contributed by atoms with Crippen molar-refractivity contribution in [3.05, 3.63) is 0 Å². The molecule has 2 atom stereocenters. The number of hydrogen-bond donors (Lipinski definition) is 0. The highest BCUT2D eigenvalue weighted by molar-refractivity contribution is 6.18. The summed E-state index contributed by atoms with van der Waals surface area (Å²) in [6.07, 6.45) is 0.195. The first-order valence-corrected chi connectivity index (χ1v) is 3.63. The molecule has 0 aromatic rings. The maximum Gasteiger partial charge on any atom is 0.147 e. The normalized spacial score (nSPS) is 36.7. The molecule has 0 saturated carbocycles. The van der Waals surface area contributed by atoms with Crippen LogP contribution in [0.15, 0.2) is 0 Å². The van der Waals surface area contributed by atoms with Crippen LogP contribution in [-0.4, -0.2) is 25.4 Å². The minimum Gasteiger partial charge on any atom is -0.355 e. The molecular formula is C6H11ClO2. The quantitative estimate of drug-likeness (QED) is 0.524. The molecule has 2 nitrogen and oxygen atoms in total. The van der Waals surface area contributed by atoms with E-state index in [1.54, 1.807) is 0 Å². The van der Waals surface area contributed by atoms with Crippen LogP contribution in [0.1, 0.15) is 6.92 Å². The van der Waals surface area contributed by atoms with Crippen LogP contribution in [0, 0.1) is 5.92 Å². The van der Waals surface area contributed by atoms with Crippen LogP contribution in [0.3, 0.4) is 0 Å². The summed E-state index contributed by atoms with van der Waals surface area (Å²) in [5.41, 5.74) is 0. The third kappa shape index (κ3) is 1.81. The number of rotatable bonds is 1. The largest absolute Gasteiger partial charge is 0.355 e. The second kappa shape index (κ2) is 3.40. The van der Waals surface area contributed by atoms with E-state index < -0.39 is 0 Å². The van der Waals surface area contributed by atoms with Gasteiger partial charge in [-0.05, 0) is 0 Å². The predicted octanol–water partition coefficient (Wildman–Crippen LogP) is 1.23. The Hall–Kier alpha value is 0.210. The molecule has 0 spiro atoms. The molecule has 0 aromatic carbocycles. The van der Waals surface area contributed by atoms with Gasteiger partial charge in [0, 0.05) is 11.8 Å². The molecule has 1 aliphatic rings. The SMILES string of the molecule is CC1COCOC1CCl. The maximum absolute atomic E-state index is 5.59. The first-order valence-electron chi connectivity index (χ1n) is 3.10. The molecular weight excluding hydrogens is 140 g/mol. The van der Waals surface area contributed by atoms with Gasteiger partial charge >= 0.3 is 0 Å². The summed E-state index contributed by atoms with van der Waals surface area (Å²) in [5.74, 6) is 1.01. The standard InChI is InChI=1S/C6H11ClO2/c1-5-3-8-4-9-6(5)2-7/h5-6H,2-4H2,1H3. The van der Waals surface area contributed by atoms with E-state index in [4.69, 9.17) is 21.1 Å². The van der Waals surface area contributed by atoms with Crippen LogP contribution in [0.2, 0.25) is 0 Å². The Labute approximate surface area is 60.1 Å². The third-order valence-electron chi connectivity index (χ3n) is 1.53. The lowest BCUT2D eigenvalue weighted by Gasteiger charge is -2.27. The lowest BCUT2D eigenvalue weighted by molar-refractivity contribution is -0.158. The Balaban J connectivity index is 2.30. The molecule has 1 rings (SSSR count). The first kappa shape index (κ1) is 7.32. The fourth-order valence-corrected chi connectivity index (χ4v) is 1.23. The van der Waals surface area contributed by atoms with Crippen molar-refractivity contribution in [1.82, 2.24) is 0 Å². The molecule has 0 bridgehead atoms. The van der Waals surface area contributed by atoms with Crippen molar-refractivity contribution in [2.75, 3.05) is 19.3 Å². The zero-order valence-corrected chi connectivity index (χ0v) is 6.23. The van der Waals surface area contributed by atoms with Crippen LogP contribution >= 0.6 is 11.6 Å². The average molecular weight is 151 g/mol. The van der Waals surface area contributed by atoms with Gasteiger partial charge in [0.1, 0.15) is 6.79 Å². The zero-order valence-electron chi connectivity index (χ0n) is 5.47. The van der Waals surface area contributed by atoms with E-state index in [0.717, 1.165) is 6.61 Å². The molecule has 0 N–H and O–H groups in total. The predicted molar refractivity (Wildman–Crippen MR) is 35.6 cm³/mol.